The Balaban J connectivity index is 1.48. The highest BCUT2D eigenvalue weighted by molar-refractivity contribution is 6.11. The van der Waals surface area contributed by atoms with Gasteiger partial charge in [0.2, 0.25) is 5.91 Å². The number of para-hydroxylation sites is 1. The van der Waals surface area contributed by atoms with E-state index in [2.05, 4.69) is 4.98 Å². The minimum atomic E-state index is -4.58. The van der Waals surface area contributed by atoms with Crippen molar-refractivity contribution in [3.05, 3.63) is 82.7 Å². The highest BCUT2D eigenvalue weighted by Crippen LogP contribution is 2.54. The Labute approximate surface area is 186 Å². The summed E-state index contributed by atoms with van der Waals surface area (Å²) in [5.74, 6) is 0.799. The van der Waals surface area contributed by atoms with Crippen LogP contribution in [-0.2, 0) is 34.3 Å². The zero-order chi connectivity index (χ0) is 22.8. The fourth-order valence-electron chi connectivity index (χ4n) is 4.88. The largest absolute Gasteiger partial charge is 0.491 e. The van der Waals surface area contributed by atoms with Crippen LogP contribution in [0.2, 0.25) is 0 Å². The fourth-order valence-corrected chi connectivity index (χ4v) is 4.88. The van der Waals surface area contributed by atoms with Gasteiger partial charge in [-0.05, 0) is 35.9 Å². The standard InChI is InChI=1S/C24H17F3N2O4/c25-24(26,27)15-5-3-7-28-18(15)10-29-19-6-2-1-4-16(19)23(22(29)30)12-32-21-8-14-11-31-13-33-20(14)9-17(21)23/h1-9H,10-13H2. The summed E-state index contributed by atoms with van der Waals surface area (Å²) in [5.41, 5.74) is 0.439. The molecule has 0 fully saturated rings. The number of nitrogens with zero attached hydrogens (tertiary/aromatic N) is 2. The summed E-state index contributed by atoms with van der Waals surface area (Å²) < 4.78 is 57.6. The van der Waals surface area contributed by atoms with E-state index in [4.69, 9.17) is 14.2 Å². The first-order chi connectivity index (χ1) is 15.9. The van der Waals surface area contributed by atoms with E-state index in [1.165, 1.54) is 17.2 Å². The van der Waals surface area contributed by atoms with Crippen molar-refractivity contribution in [3.63, 3.8) is 0 Å². The molecule has 1 aromatic heterocycles. The van der Waals surface area contributed by atoms with Crippen LogP contribution in [0, 0.1) is 0 Å². The van der Waals surface area contributed by atoms with Crippen molar-refractivity contribution in [3.8, 4) is 11.5 Å². The maximum atomic E-state index is 14.0. The van der Waals surface area contributed by atoms with E-state index < -0.39 is 17.2 Å². The number of alkyl halides is 3. The summed E-state index contributed by atoms with van der Waals surface area (Å²) in [6.45, 7) is 0.219. The van der Waals surface area contributed by atoms with E-state index in [1.807, 2.05) is 6.07 Å². The summed E-state index contributed by atoms with van der Waals surface area (Å²) in [6, 6.07) is 12.9. The number of hydrogen-bond acceptors (Lipinski definition) is 5. The number of hydrogen-bond donors (Lipinski definition) is 0. The van der Waals surface area contributed by atoms with Gasteiger partial charge in [-0.2, -0.15) is 13.2 Å². The SMILES string of the molecule is O=C1N(Cc2ncccc2C(F)(F)F)c2ccccc2C12COc1cc3c(cc12)OCOC3. The summed E-state index contributed by atoms with van der Waals surface area (Å²) in [7, 11) is 0. The van der Waals surface area contributed by atoms with Crippen molar-refractivity contribution in [1.29, 1.82) is 0 Å². The fraction of sp³-hybridized carbons (Fsp3) is 0.250. The molecule has 6 nitrogen and oxygen atoms in total. The molecule has 2 aromatic carbocycles. The Bertz CT molecular complexity index is 1290. The van der Waals surface area contributed by atoms with Gasteiger partial charge in [-0.25, -0.2) is 0 Å². The van der Waals surface area contributed by atoms with Crippen LogP contribution in [0.15, 0.2) is 54.7 Å². The molecule has 33 heavy (non-hydrogen) atoms. The van der Waals surface area contributed by atoms with E-state index in [0.717, 1.165) is 11.6 Å². The first-order valence-corrected chi connectivity index (χ1v) is 10.3. The van der Waals surface area contributed by atoms with Gasteiger partial charge in [0, 0.05) is 23.0 Å². The predicted octanol–water partition coefficient (Wildman–Crippen LogP) is 4.19. The van der Waals surface area contributed by atoms with Crippen molar-refractivity contribution in [2.24, 2.45) is 0 Å². The first kappa shape index (κ1) is 20.0. The second-order valence-corrected chi connectivity index (χ2v) is 8.16. The van der Waals surface area contributed by atoms with Gasteiger partial charge < -0.3 is 19.1 Å². The lowest BCUT2D eigenvalue weighted by atomic mass is 9.77. The summed E-state index contributed by atoms with van der Waals surface area (Å²) in [4.78, 5) is 19.3. The highest BCUT2D eigenvalue weighted by atomic mass is 19.4. The van der Waals surface area contributed by atoms with Gasteiger partial charge in [0.05, 0.1) is 24.4 Å². The maximum absolute atomic E-state index is 14.0. The van der Waals surface area contributed by atoms with E-state index in [-0.39, 0.29) is 31.5 Å². The molecule has 4 heterocycles. The van der Waals surface area contributed by atoms with Gasteiger partial charge in [-0.3, -0.25) is 9.78 Å². The average Bonchev–Trinajstić information content (AvgIpc) is 3.29. The van der Waals surface area contributed by atoms with E-state index in [9.17, 15) is 18.0 Å². The van der Waals surface area contributed by atoms with Gasteiger partial charge >= 0.3 is 6.18 Å². The van der Waals surface area contributed by atoms with Gasteiger partial charge in [-0.15, -0.1) is 0 Å². The number of rotatable bonds is 2. The molecule has 1 atom stereocenters. The quantitative estimate of drug-likeness (QED) is 0.581. The molecule has 3 aliphatic heterocycles. The monoisotopic (exact) mass is 454 g/mol. The third kappa shape index (κ3) is 2.85. The number of carbonyl (C=O) groups is 1. The second kappa shape index (κ2) is 6.95. The van der Waals surface area contributed by atoms with Crippen LogP contribution < -0.4 is 14.4 Å². The van der Waals surface area contributed by atoms with Gasteiger partial charge in [0.25, 0.3) is 0 Å². The summed E-state index contributed by atoms with van der Waals surface area (Å²) in [5, 5.41) is 0. The Morgan fingerprint density at radius 1 is 1.03 bits per heavy atom. The number of carbonyl (C=O) groups excluding carboxylic acids is 1. The van der Waals surface area contributed by atoms with Crippen molar-refractivity contribution in [2.75, 3.05) is 18.3 Å². The number of pyridine rings is 1. The molecule has 0 saturated carbocycles. The number of halogens is 3. The number of fused-ring (bicyclic) bond motifs is 5. The zero-order valence-corrected chi connectivity index (χ0v) is 17.2. The van der Waals surface area contributed by atoms with Crippen LogP contribution in [0.4, 0.5) is 18.9 Å². The number of ether oxygens (including phenoxy) is 3. The third-order valence-corrected chi connectivity index (χ3v) is 6.39. The lowest BCUT2D eigenvalue weighted by Crippen LogP contribution is -2.42. The van der Waals surface area contributed by atoms with E-state index in [1.54, 1.807) is 30.3 Å². The first-order valence-electron chi connectivity index (χ1n) is 10.3. The Morgan fingerprint density at radius 3 is 2.73 bits per heavy atom. The number of aromatic nitrogens is 1. The topological polar surface area (TPSA) is 60.9 Å². The van der Waals surface area contributed by atoms with Crippen molar-refractivity contribution >= 4 is 11.6 Å². The van der Waals surface area contributed by atoms with Crippen LogP contribution in [0.3, 0.4) is 0 Å². The van der Waals surface area contributed by atoms with Crippen LogP contribution in [0.25, 0.3) is 0 Å². The molecule has 1 unspecified atom stereocenters. The molecule has 6 rings (SSSR count). The third-order valence-electron chi connectivity index (χ3n) is 6.39. The minimum absolute atomic E-state index is 0.0484. The molecule has 0 aliphatic carbocycles. The molecule has 0 N–H and O–H groups in total. The van der Waals surface area contributed by atoms with Crippen molar-refractivity contribution < 1.29 is 32.2 Å². The second-order valence-electron chi connectivity index (χ2n) is 8.16. The molecular formula is C24H17F3N2O4. The van der Waals surface area contributed by atoms with Crippen molar-refractivity contribution in [2.45, 2.75) is 24.7 Å². The average molecular weight is 454 g/mol. The van der Waals surface area contributed by atoms with Crippen LogP contribution in [0.5, 0.6) is 11.5 Å². The summed E-state index contributed by atoms with van der Waals surface area (Å²) >= 11 is 0. The molecule has 0 saturated heterocycles. The Kier molecular flexibility index (Phi) is 4.22. The Hall–Kier alpha value is -3.59. The number of benzene rings is 2. The number of anilines is 1. The normalized spacial score (nSPS) is 20.8. The molecule has 1 spiro atoms. The molecule has 168 valence electrons. The predicted molar refractivity (Wildman–Crippen MR) is 110 cm³/mol. The molecule has 0 radical (unpaired) electrons. The van der Waals surface area contributed by atoms with E-state index in [0.29, 0.717) is 34.9 Å². The zero-order valence-electron chi connectivity index (χ0n) is 17.2. The van der Waals surface area contributed by atoms with Gasteiger partial charge in [0.1, 0.15) is 23.5 Å². The van der Waals surface area contributed by atoms with E-state index >= 15 is 0 Å². The van der Waals surface area contributed by atoms with Crippen molar-refractivity contribution in [1.82, 2.24) is 4.98 Å². The van der Waals surface area contributed by atoms with Gasteiger partial charge in [-0.1, -0.05) is 18.2 Å². The number of amides is 1. The van der Waals surface area contributed by atoms with Crippen LogP contribution >= 0.6 is 0 Å². The lowest BCUT2D eigenvalue weighted by Gasteiger charge is -2.25. The molecular weight excluding hydrogens is 437 g/mol. The summed E-state index contributed by atoms with van der Waals surface area (Å²) in [6.07, 6.45) is -3.28. The molecule has 3 aromatic rings. The smallest absolute Gasteiger partial charge is 0.418 e. The van der Waals surface area contributed by atoms with Crippen LogP contribution in [-0.4, -0.2) is 24.3 Å². The Morgan fingerprint density at radius 2 is 1.88 bits per heavy atom. The van der Waals surface area contributed by atoms with Gasteiger partial charge in [0.15, 0.2) is 6.79 Å². The highest BCUT2D eigenvalue weighted by Gasteiger charge is 2.57. The lowest BCUT2D eigenvalue weighted by molar-refractivity contribution is -0.138. The molecule has 3 aliphatic rings. The molecule has 1 amide bonds. The minimum Gasteiger partial charge on any atom is -0.491 e. The van der Waals surface area contributed by atoms with Crippen LogP contribution in [0.1, 0.15) is 27.9 Å². The maximum Gasteiger partial charge on any atom is 0.418 e. The molecule has 9 heteroatoms. The molecule has 0 bridgehead atoms.